The number of nitrogens with zero attached hydrogens (tertiary/aromatic N) is 2. The standard InChI is InChI=1S/C14H13N2/c1-15-12-16(13-8-4-2-5-9-13)14-10-6-3-7-11-14/h2-11H,1H3. The number of hydrogen-bond acceptors (Lipinski definition) is 1. The van der Waals surface area contributed by atoms with Gasteiger partial charge in [0.1, 0.15) is 0 Å². The molecular weight excluding hydrogens is 196 g/mol. The Balaban J connectivity index is 2.39. The van der Waals surface area contributed by atoms with Gasteiger partial charge in [0.15, 0.2) is 6.34 Å². The van der Waals surface area contributed by atoms with E-state index in [4.69, 9.17) is 0 Å². The molecule has 16 heavy (non-hydrogen) atoms. The Morgan fingerprint density at radius 1 is 0.812 bits per heavy atom. The molecule has 0 bridgehead atoms. The SMILES string of the molecule is CN=[C]N(c1ccccc1)c1ccccc1. The molecule has 0 saturated heterocycles. The highest BCUT2D eigenvalue weighted by Crippen LogP contribution is 2.22. The summed E-state index contributed by atoms with van der Waals surface area (Å²) in [5, 5.41) is 0. The Hall–Kier alpha value is -2.09. The molecule has 79 valence electrons. The van der Waals surface area contributed by atoms with Gasteiger partial charge in [-0.15, -0.1) is 0 Å². The minimum Gasteiger partial charge on any atom is -0.292 e. The van der Waals surface area contributed by atoms with Crippen LogP contribution in [0.15, 0.2) is 65.7 Å². The summed E-state index contributed by atoms with van der Waals surface area (Å²) < 4.78 is 0. The topological polar surface area (TPSA) is 15.6 Å². The molecule has 0 aromatic heterocycles. The van der Waals surface area contributed by atoms with Gasteiger partial charge in [-0.2, -0.15) is 0 Å². The average Bonchev–Trinajstić information content (AvgIpc) is 2.38. The van der Waals surface area contributed by atoms with Crippen LogP contribution in [0.25, 0.3) is 0 Å². The van der Waals surface area contributed by atoms with Gasteiger partial charge < -0.3 is 0 Å². The third kappa shape index (κ3) is 2.28. The zero-order chi connectivity index (χ0) is 11.2. The molecule has 2 aromatic rings. The van der Waals surface area contributed by atoms with Gasteiger partial charge in [0.05, 0.1) is 0 Å². The largest absolute Gasteiger partial charge is 0.292 e. The molecule has 0 amide bonds. The van der Waals surface area contributed by atoms with Crippen LogP contribution in [0, 0.1) is 0 Å². The van der Waals surface area contributed by atoms with Crippen molar-refractivity contribution in [3.05, 3.63) is 60.7 Å². The normalized spacial score (nSPS) is 10.6. The van der Waals surface area contributed by atoms with Crippen LogP contribution in [-0.2, 0) is 0 Å². The van der Waals surface area contributed by atoms with Crippen molar-refractivity contribution in [1.29, 1.82) is 0 Å². The van der Waals surface area contributed by atoms with E-state index >= 15 is 0 Å². The molecule has 1 radical (unpaired) electrons. The van der Waals surface area contributed by atoms with E-state index in [1.165, 1.54) is 0 Å². The van der Waals surface area contributed by atoms with Gasteiger partial charge in [0, 0.05) is 18.4 Å². The summed E-state index contributed by atoms with van der Waals surface area (Å²) in [4.78, 5) is 5.90. The lowest BCUT2D eigenvalue weighted by molar-refractivity contribution is 1.33. The van der Waals surface area contributed by atoms with E-state index in [-0.39, 0.29) is 0 Å². The molecule has 0 unspecified atom stereocenters. The molecule has 2 heteroatoms. The van der Waals surface area contributed by atoms with Gasteiger partial charge in [-0.3, -0.25) is 9.89 Å². The number of aliphatic imine (C=N–C) groups is 1. The highest BCUT2D eigenvalue weighted by atomic mass is 15.2. The van der Waals surface area contributed by atoms with Crippen LogP contribution in [0.3, 0.4) is 0 Å². The Labute approximate surface area is 95.9 Å². The number of anilines is 2. The summed E-state index contributed by atoms with van der Waals surface area (Å²) in [7, 11) is 1.72. The lowest BCUT2D eigenvalue weighted by Crippen LogP contribution is -2.13. The Bertz CT molecular complexity index is 409. The van der Waals surface area contributed by atoms with E-state index in [1.54, 1.807) is 7.05 Å². The quantitative estimate of drug-likeness (QED) is 0.430. The van der Waals surface area contributed by atoms with Crippen molar-refractivity contribution in [2.75, 3.05) is 11.9 Å². The summed E-state index contributed by atoms with van der Waals surface area (Å²) in [5.41, 5.74) is 2.11. The highest BCUT2D eigenvalue weighted by molar-refractivity contribution is 5.89. The van der Waals surface area contributed by atoms with Gasteiger partial charge in [-0.05, 0) is 24.3 Å². The lowest BCUT2D eigenvalue weighted by atomic mass is 10.2. The van der Waals surface area contributed by atoms with Crippen LogP contribution in [0.4, 0.5) is 11.4 Å². The zero-order valence-corrected chi connectivity index (χ0v) is 9.17. The molecule has 0 heterocycles. The second-order valence-corrected chi connectivity index (χ2v) is 3.33. The van der Waals surface area contributed by atoms with Gasteiger partial charge in [0.25, 0.3) is 0 Å². The number of benzene rings is 2. The van der Waals surface area contributed by atoms with Crippen molar-refractivity contribution in [3.63, 3.8) is 0 Å². The number of rotatable bonds is 3. The molecule has 2 aromatic carbocycles. The molecule has 2 rings (SSSR count). The zero-order valence-electron chi connectivity index (χ0n) is 9.17. The van der Waals surface area contributed by atoms with Crippen molar-refractivity contribution < 1.29 is 0 Å². The maximum atomic E-state index is 3.96. The molecule has 0 N–H and O–H groups in total. The van der Waals surface area contributed by atoms with E-state index in [2.05, 4.69) is 11.3 Å². The molecule has 2 nitrogen and oxygen atoms in total. The molecule has 0 aliphatic rings. The van der Waals surface area contributed by atoms with Gasteiger partial charge in [0.2, 0.25) is 0 Å². The number of hydrogen-bond donors (Lipinski definition) is 0. The maximum Gasteiger partial charge on any atom is 0.176 e. The van der Waals surface area contributed by atoms with Gasteiger partial charge in [-0.1, -0.05) is 36.4 Å². The molecule has 0 spiro atoms. The minimum absolute atomic E-state index is 1.05. The van der Waals surface area contributed by atoms with E-state index in [1.807, 2.05) is 65.6 Å². The van der Waals surface area contributed by atoms with Crippen molar-refractivity contribution in [3.8, 4) is 0 Å². The Kier molecular flexibility index (Phi) is 3.34. The first-order valence-corrected chi connectivity index (χ1v) is 5.16. The van der Waals surface area contributed by atoms with E-state index in [0.717, 1.165) is 11.4 Å². The third-order valence-electron chi connectivity index (χ3n) is 2.23. The predicted octanol–water partition coefficient (Wildman–Crippen LogP) is 3.36. The van der Waals surface area contributed by atoms with Gasteiger partial charge >= 0.3 is 0 Å². The van der Waals surface area contributed by atoms with E-state index in [0.29, 0.717) is 0 Å². The summed E-state index contributed by atoms with van der Waals surface area (Å²) in [6, 6.07) is 20.1. The summed E-state index contributed by atoms with van der Waals surface area (Å²) in [6.07, 6.45) is 2.97. The van der Waals surface area contributed by atoms with Crippen LogP contribution >= 0.6 is 0 Å². The van der Waals surface area contributed by atoms with Crippen LogP contribution in [0.1, 0.15) is 0 Å². The second-order valence-electron chi connectivity index (χ2n) is 3.33. The van der Waals surface area contributed by atoms with E-state index in [9.17, 15) is 0 Å². The fraction of sp³-hybridized carbons (Fsp3) is 0.0714. The van der Waals surface area contributed by atoms with E-state index < -0.39 is 0 Å². The van der Waals surface area contributed by atoms with Gasteiger partial charge in [-0.25, -0.2) is 0 Å². The molecule has 0 aliphatic heterocycles. The highest BCUT2D eigenvalue weighted by Gasteiger charge is 2.05. The fourth-order valence-corrected chi connectivity index (χ4v) is 1.52. The minimum atomic E-state index is 1.05. The first kappa shape index (κ1) is 10.4. The Morgan fingerprint density at radius 3 is 1.62 bits per heavy atom. The van der Waals surface area contributed by atoms with Crippen molar-refractivity contribution in [2.45, 2.75) is 0 Å². The molecule has 0 fully saturated rings. The maximum absolute atomic E-state index is 3.96. The van der Waals surface area contributed by atoms with Crippen LogP contribution in [0.2, 0.25) is 0 Å². The molecular formula is C14H13N2. The summed E-state index contributed by atoms with van der Waals surface area (Å²) in [6.45, 7) is 0. The van der Waals surface area contributed by atoms with Crippen molar-refractivity contribution >= 4 is 17.7 Å². The monoisotopic (exact) mass is 209 g/mol. The van der Waals surface area contributed by atoms with Crippen LogP contribution in [-0.4, -0.2) is 13.4 Å². The lowest BCUT2D eigenvalue weighted by Gasteiger charge is -2.18. The number of para-hydroxylation sites is 2. The molecule has 0 saturated carbocycles. The first-order valence-electron chi connectivity index (χ1n) is 5.16. The smallest absolute Gasteiger partial charge is 0.176 e. The predicted molar refractivity (Wildman–Crippen MR) is 68.4 cm³/mol. The average molecular weight is 209 g/mol. The van der Waals surface area contributed by atoms with Crippen molar-refractivity contribution in [1.82, 2.24) is 0 Å². The third-order valence-corrected chi connectivity index (χ3v) is 2.23. The first-order chi connectivity index (χ1) is 7.92. The molecule has 0 atom stereocenters. The fourth-order valence-electron chi connectivity index (χ4n) is 1.52. The Morgan fingerprint density at radius 2 is 1.25 bits per heavy atom. The molecule has 0 aliphatic carbocycles. The second kappa shape index (κ2) is 5.12. The van der Waals surface area contributed by atoms with Crippen LogP contribution < -0.4 is 4.90 Å². The van der Waals surface area contributed by atoms with Crippen molar-refractivity contribution in [2.24, 2.45) is 4.99 Å². The van der Waals surface area contributed by atoms with Crippen LogP contribution in [0.5, 0.6) is 0 Å². The summed E-state index contributed by atoms with van der Waals surface area (Å²) >= 11 is 0. The summed E-state index contributed by atoms with van der Waals surface area (Å²) in [5.74, 6) is 0.